The van der Waals surface area contributed by atoms with Crippen molar-refractivity contribution in [1.29, 1.82) is 5.41 Å². The molecule has 3 N–H and O–H groups in total. The minimum Gasteiger partial charge on any atom is -0.492 e. The van der Waals surface area contributed by atoms with E-state index in [1.165, 1.54) is 5.56 Å². The minimum absolute atomic E-state index is 0.121. The van der Waals surface area contributed by atoms with Gasteiger partial charge in [0.25, 0.3) is 0 Å². The Balaban J connectivity index is 1.96. The van der Waals surface area contributed by atoms with Crippen LogP contribution in [0.2, 0.25) is 0 Å². The standard InChI is InChI=1S/C13H17BrN2O/c1-9-2-3-11(10(14)6-9)17-8-13(4-5-13)7-12(15)16/h2-3,6H,4-5,7-8H2,1H3,(H3,15,16). The molecule has 17 heavy (non-hydrogen) atoms. The van der Waals surface area contributed by atoms with Gasteiger partial charge in [-0.1, -0.05) is 6.07 Å². The highest BCUT2D eigenvalue weighted by molar-refractivity contribution is 9.10. The molecule has 0 aromatic heterocycles. The van der Waals surface area contributed by atoms with Crippen molar-refractivity contribution in [3.05, 3.63) is 28.2 Å². The molecule has 3 nitrogen and oxygen atoms in total. The summed E-state index contributed by atoms with van der Waals surface area (Å²) in [6.45, 7) is 2.70. The number of nitrogens with one attached hydrogen (secondary N) is 1. The number of rotatable bonds is 5. The van der Waals surface area contributed by atoms with Crippen LogP contribution in [-0.2, 0) is 0 Å². The summed E-state index contributed by atoms with van der Waals surface area (Å²) in [5.74, 6) is 1.12. The molecule has 1 aliphatic carbocycles. The van der Waals surface area contributed by atoms with E-state index in [-0.39, 0.29) is 11.3 Å². The van der Waals surface area contributed by atoms with E-state index >= 15 is 0 Å². The van der Waals surface area contributed by atoms with Gasteiger partial charge in [0, 0.05) is 11.8 Å². The molecule has 0 atom stereocenters. The minimum atomic E-state index is 0.121. The first-order valence-electron chi connectivity index (χ1n) is 5.73. The Labute approximate surface area is 110 Å². The lowest BCUT2D eigenvalue weighted by Crippen LogP contribution is -2.21. The maximum atomic E-state index is 7.36. The number of amidine groups is 1. The SMILES string of the molecule is Cc1ccc(OCC2(CC(=N)N)CC2)c(Br)c1. The van der Waals surface area contributed by atoms with Gasteiger partial charge in [-0.15, -0.1) is 0 Å². The molecule has 4 heteroatoms. The monoisotopic (exact) mass is 296 g/mol. The highest BCUT2D eigenvalue weighted by atomic mass is 79.9. The number of ether oxygens (including phenoxy) is 1. The molecule has 0 radical (unpaired) electrons. The third-order valence-electron chi connectivity index (χ3n) is 3.14. The number of aryl methyl sites for hydroxylation is 1. The summed E-state index contributed by atoms with van der Waals surface area (Å²) < 4.78 is 6.80. The van der Waals surface area contributed by atoms with E-state index in [0.29, 0.717) is 13.0 Å². The summed E-state index contributed by atoms with van der Waals surface area (Å²) in [6, 6.07) is 6.05. The van der Waals surface area contributed by atoms with Crippen molar-refractivity contribution < 1.29 is 4.74 Å². The van der Waals surface area contributed by atoms with E-state index in [0.717, 1.165) is 23.1 Å². The average Bonchev–Trinajstić information content (AvgIpc) is 2.96. The molecule has 0 amide bonds. The molecular formula is C13H17BrN2O. The third-order valence-corrected chi connectivity index (χ3v) is 3.76. The van der Waals surface area contributed by atoms with Crippen molar-refractivity contribution in [2.45, 2.75) is 26.2 Å². The Bertz CT molecular complexity index is 441. The quantitative estimate of drug-likeness (QED) is 0.647. The number of benzene rings is 1. The molecule has 1 fully saturated rings. The smallest absolute Gasteiger partial charge is 0.133 e. The van der Waals surface area contributed by atoms with Gasteiger partial charge < -0.3 is 10.5 Å². The van der Waals surface area contributed by atoms with E-state index in [1.807, 2.05) is 25.1 Å². The van der Waals surface area contributed by atoms with Crippen molar-refractivity contribution >= 4 is 21.8 Å². The van der Waals surface area contributed by atoms with Crippen LogP contribution in [0.4, 0.5) is 0 Å². The zero-order chi connectivity index (χ0) is 12.5. The highest BCUT2D eigenvalue weighted by Crippen LogP contribution is 2.49. The molecule has 0 saturated heterocycles. The first-order valence-corrected chi connectivity index (χ1v) is 6.52. The van der Waals surface area contributed by atoms with Crippen LogP contribution < -0.4 is 10.5 Å². The van der Waals surface area contributed by atoms with E-state index in [1.54, 1.807) is 0 Å². The molecule has 92 valence electrons. The molecule has 0 bridgehead atoms. The number of hydrogen-bond donors (Lipinski definition) is 2. The second kappa shape index (κ2) is 4.69. The molecule has 0 heterocycles. The Hall–Kier alpha value is -1.03. The fourth-order valence-electron chi connectivity index (χ4n) is 1.91. The zero-order valence-electron chi connectivity index (χ0n) is 9.92. The van der Waals surface area contributed by atoms with Crippen LogP contribution in [-0.4, -0.2) is 12.4 Å². The average molecular weight is 297 g/mol. The number of hydrogen-bond acceptors (Lipinski definition) is 2. The summed E-state index contributed by atoms with van der Waals surface area (Å²) in [6.07, 6.45) is 2.86. The van der Waals surface area contributed by atoms with Crippen LogP contribution in [0.5, 0.6) is 5.75 Å². The summed E-state index contributed by atoms with van der Waals surface area (Å²) >= 11 is 3.49. The van der Waals surface area contributed by atoms with Crippen molar-refractivity contribution in [1.82, 2.24) is 0 Å². The first-order chi connectivity index (χ1) is 8.01. The van der Waals surface area contributed by atoms with Gasteiger partial charge in [0.15, 0.2) is 0 Å². The second-order valence-corrected chi connectivity index (χ2v) is 5.78. The summed E-state index contributed by atoms with van der Waals surface area (Å²) in [7, 11) is 0. The lowest BCUT2D eigenvalue weighted by molar-refractivity contribution is 0.237. The van der Waals surface area contributed by atoms with E-state index in [4.69, 9.17) is 15.9 Å². The predicted octanol–water partition coefficient (Wildman–Crippen LogP) is 3.24. The summed E-state index contributed by atoms with van der Waals surface area (Å²) in [5, 5.41) is 7.36. The molecule has 0 unspecified atom stereocenters. The van der Waals surface area contributed by atoms with Crippen molar-refractivity contribution in [3.8, 4) is 5.75 Å². The molecule has 1 saturated carbocycles. The Morgan fingerprint density at radius 3 is 2.76 bits per heavy atom. The number of halogens is 1. The van der Waals surface area contributed by atoms with E-state index in [2.05, 4.69) is 15.9 Å². The molecule has 2 rings (SSSR count). The molecule has 1 aromatic carbocycles. The largest absolute Gasteiger partial charge is 0.492 e. The fraction of sp³-hybridized carbons (Fsp3) is 0.462. The maximum absolute atomic E-state index is 7.36. The lowest BCUT2D eigenvalue weighted by Gasteiger charge is -2.16. The summed E-state index contributed by atoms with van der Waals surface area (Å²) in [5.41, 5.74) is 6.78. The molecule has 0 spiro atoms. The number of nitrogens with two attached hydrogens (primary N) is 1. The van der Waals surface area contributed by atoms with Gasteiger partial charge >= 0.3 is 0 Å². The Morgan fingerprint density at radius 1 is 1.53 bits per heavy atom. The van der Waals surface area contributed by atoms with Crippen LogP contribution in [0.1, 0.15) is 24.8 Å². The Morgan fingerprint density at radius 2 is 2.24 bits per heavy atom. The zero-order valence-corrected chi connectivity index (χ0v) is 11.5. The molecule has 0 aliphatic heterocycles. The molecule has 1 aliphatic rings. The van der Waals surface area contributed by atoms with Gasteiger partial charge in [0.05, 0.1) is 16.9 Å². The maximum Gasteiger partial charge on any atom is 0.133 e. The van der Waals surface area contributed by atoms with Gasteiger partial charge in [-0.3, -0.25) is 5.41 Å². The van der Waals surface area contributed by atoms with Gasteiger partial charge in [-0.05, 0) is 53.4 Å². The van der Waals surface area contributed by atoms with E-state index < -0.39 is 0 Å². The molecule has 1 aromatic rings. The predicted molar refractivity (Wildman–Crippen MR) is 72.6 cm³/mol. The van der Waals surface area contributed by atoms with Gasteiger partial charge in [-0.25, -0.2) is 0 Å². The summed E-state index contributed by atoms with van der Waals surface area (Å²) in [4.78, 5) is 0. The first kappa shape index (κ1) is 12.4. The highest BCUT2D eigenvalue weighted by Gasteiger charge is 2.44. The normalized spacial score (nSPS) is 16.6. The van der Waals surface area contributed by atoms with Crippen LogP contribution in [0, 0.1) is 17.7 Å². The lowest BCUT2D eigenvalue weighted by atomic mass is 10.0. The van der Waals surface area contributed by atoms with Crippen molar-refractivity contribution in [2.75, 3.05) is 6.61 Å². The van der Waals surface area contributed by atoms with Gasteiger partial charge in [0.2, 0.25) is 0 Å². The van der Waals surface area contributed by atoms with E-state index in [9.17, 15) is 0 Å². The Kier molecular flexibility index (Phi) is 3.43. The van der Waals surface area contributed by atoms with Crippen LogP contribution >= 0.6 is 15.9 Å². The molecular weight excluding hydrogens is 280 g/mol. The second-order valence-electron chi connectivity index (χ2n) is 4.92. The third kappa shape index (κ3) is 3.22. The topological polar surface area (TPSA) is 59.1 Å². The van der Waals surface area contributed by atoms with Crippen LogP contribution in [0.25, 0.3) is 0 Å². The van der Waals surface area contributed by atoms with Crippen LogP contribution in [0.15, 0.2) is 22.7 Å². The van der Waals surface area contributed by atoms with Crippen molar-refractivity contribution in [3.63, 3.8) is 0 Å². The fourth-order valence-corrected chi connectivity index (χ4v) is 2.51. The van der Waals surface area contributed by atoms with Crippen LogP contribution in [0.3, 0.4) is 0 Å². The van der Waals surface area contributed by atoms with Crippen molar-refractivity contribution in [2.24, 2.45) is 11.1 Å². The van der Waals surface area contributed by atoms with Gasteiger partial charge in [0.1, 0.15) is 5.75 Å². The van der Waals surface area contributed by atoms with Gasteiger partial charge in [-0.2, -0.15) is 0 Å².